The van der Waals surface area contributed by atoms with Gasteiger partial charge in [-0.2, -0.15) is 13.2 Å². The van der Waals surface area contributed by atoms with E-state index in [4.69, 9.17) is 16.3 Å². The zero-order valence-electron chi connectivity index (χ0n) is 8.46. The van der Waals surface area contributed by atoms with Crippen molar-refractivity contribution in [3.05, 3.63) is 35.5 Å². The molecule has 0 saturated heterocycles. The topological polar surface area (TPSA) is 22.1 Å². The van der Waals surface area contributed by atoms with Crippen LogP contribution in [0.25, 0.3) is 10.9 Å². The van der Waals surface area contributed by atoms with Crippen molar-refractivity contribution in [3.63, 3.8) is 0 Å². The van der Waals surface area contributed by atoms with Crippen LogP contribution in [-0.2, 0) is 0 Å². The van der Waals surface area contributed by atoms with Gasteiger partial charge in [-0.05, 0) is 18.2 Å². The van der Waals surface area contributed by atoms with E-state index in [1.807, 2.05) is 0 Å². The summed E-state index contributed by atoms with van der Waals surface area (Å²) < 4.78 is 40.8. The minimum atomic E-state index is -4.37. The molecule has 2 rings (SSSR count). The summed E-state index contributed by atoms with van der Waals surface area (Å²) in [5.41, 5.74) is 0.323. The van der Waals surface area contributed by atoms with Crippen LogP contribution in [0.4, 0.5) is 13.2 Å². The predicted molar refractivity (Wildman–Crippen MR) is 58.3 cm³/mol. The highest BCUT2D eigenvalue weighted by Crippen LogP contribution is 2.26. The molecule has 1 aromatic heterocycles. The van der Waals surface area contributed by atoms with E-state index >= 15 is 0 Å². The van der Waals surface area contributed by atoms with Crippen molar-refractivity contribution in [2.24, 2.45) is 0 Å². The summed E-state index contributed by atoms with van der Waals surface area (Å²) in [6, 6.07) is 7.99. The molecule has 0 radical (unpaired) electrons. The Morgan fingerprint density at radius 2 is 1.94 bits per heavy atom. The number of halogens is 4. The molecule has 6 heteroatoms. The zero-order chi connectivity index (χ0) is 12.5. The molecule has 0 aliphatic heterocycles. The van der Waals surface area contributed by atoms with Crippen molar-refractivity contribution in [2.75, 3.05) is 6.61 Å². The van der Waals surface area contributed by atoms with Gasteiger partial charge in [-0.15, -0.1) is 0 Å². The lowest BCUT2D eigenvalue weighted by atomic mass is 10.2. The maximum atomic E-state index is 12.0. The smallest absolute Gasteiger partial charge is 0.422 e. The first-order chi connectivity index (χ1) is 7.96. The van der Waals surface area contributed by atoms with Gasteiger partial charge in [0.1, 0.15) is 16.4 Å². The first kappa shape index (κ1) is 12.0. The average molecular weight is 262 g/mol. The lowest BCUT2D eigenvalue weighted by Gasteiger charge is -2.10. The summed E-state index contributed by atoms with van der Waals surface area (Å²) in [6.45, 7) is -1.35. The third-order valence-corrected chi connectivity index (χ3v) is 2.25. The minimum absolute atomic E-state index is 0.0716. The Hall–Kier alpha value is -1.49. The number of ether oxygens (including phenoxy) is 1. The van der Waals surface area contributed by atoms with Crippen LogP contribution in [0.3, 0.4) is 0 Å². The van der Waals surface area contributed by atoms with E-state index < -0.39 is 12.8 Å². The number of pyridine rings is 1. The summed E-state index contributed by atoms with van der Waals surface area (Å²) >= 11 is 5.69. The Kier molecular flexibility index (Phi) is 3.11. The molecular formula is C11H7ClF3NO. The fraction of sp³-hybridized carbons (Fsp3) is 0.182. The van der Waals surface area contributed by atoms with Crippen LogP contribution in [0.5, 0.6) is 5.75 Å². The third kappa shape index (κ3) is 3.00. The fourth-order valence-electron chi connectivity index (χ4n) is 1.37. The first-order valence-electron chi connectivity index (χ1n) is 4.70. The van der Waals surface area contributed by atoms with Crippen molar-refractivity contribution in [1.29, 1.82) is 0 Å². The summed E-state index contributed by atoms with van der Waals surface area (Å²) in [4.78, 5) is 3.95. The summed E-state index contributed by atoms with van der Waals surface area (Å²) in [5, 5.41) is 0.884. The van der Waals surface area contributed by atoms with E-state index in [9.17, 15) is 13.2 Å². The molecule has 0 aliphatic carbocycles. The Morgan fingerprint density at radius 3 is 2.65 bits per heavy atom. The number of benzene rings is 1. The van der Waals surface area contributed by atoms with Crippen LogP contribution >= 0.6 is 11.6 Å². The Morgan fingerprint density at radius 1 is 1.18 bits per heavy atom. The van der Waals surface area contributed by atoms with Crippen LogP contribution < -0.4 is 4.74 Å². The van der Waals surface area contributed by atoms with E-state index in [1.165, 1.54) is 6.07 Å². The van der Waals surface area contributed by atoms with Crippen LogP contribution in [0, 0.1) is 0 Å². The molecule has 0 atom stereocenters. The minimum Gasteiger partial charge on any atom is -0.482 e. The van der Waals surface area contributed by atoms with Crippen molar-refractivity contribution in [1.82, 2.24) is 4.98 Å². The number of hydrogen-bond acceptors (Lipinski definition) is 2. The molecule has 0 bridgehead atoms. The number of alkyl halides is 3. The zero-order valence-corrected chi connectivity index (χ0v) is 9.22. The molecule has 0 fully saturated rings. The number of para-hydroxylation sites is 1. The number of nitrogens with zero attached hydrogens (tertiary/aromatic N) is 1. The van der Waals surface area contributed by atoms with Gasteiger partial charge in [0.05, 0.1) is 0 Å². The van der Waals surface area contributed by atoms with Gasteiger partial charge in [0.15, 0.2) is 6.61 Å². The molecule has 2 nitrogen and oxygen atoms in total. The Labute approximate surface area is 100.0 Å². The van der Waals surface area contributed by atoms with Crippen LogP contribution in [0.15, 0.2) is 30.3 Å². The number of rotatable bonds is 2. The second-order valence-corrected chi connectivity index (χ2v) is 3.75. The van der Waals surface area contributed by atoms with Gasteiger partial charge in [0, 0.05) is 5.39 Å². The van der Waals surface area contributed by atoms with Crippen LogP contribution in [0.1, 0.15) is 0 Å². The molecule has 0 unspecified atom stereocenters. The van der Waals surface area contributed by atoms with Crippen LogP contribution in [0.2, 0.25) is 5.15 Å². The third-order valence-electron chi connectivity index (χ3n) is 2.04. The highest BCUT2D eigenvalue weighted by atomic mass is 35.5. The number of hydrogen-bond donors (Lipinski definition) is 0. The Bertz CT molecular complexity index is 542. The van der Waals surface area contributed by atoms with E-state index in [0.29, 0.717) is 10.9 Å². The normalized spacial score (nSPS) is 11.8. The molecule has 2 aromatic rings. The van der Waals surface area contributed by atoms with Gasteiger partial charge >= 0.3 is 6.18 Å². The lowest BCUT2D eigenvalue weighted by Crippen LogP contribution is -2.19. The fourth-order valence-corrected chi connectivity index (χ4v) is 1.52. The second kappa shape index (κ2) is 4.41. The van der Waals surface area contributed by atoms with E-state index in [0.717, 1.165) is 0 Å². The van der Waals surface area contributed by atoms with Gasteiger partial charge in [0.2, 0.25) is 0 Å². The lowest BCUT2D eigenvalue weighted by molar-refractivity contribution is -0.153. The van der Waals surface area contributed by atoms with Crippen molar-refractivity contribution < 1.29 is 17.9 Å². The SMILES string of the molecule is FC(F)(F)COc1cccc2ccc(Cl)nc12. The molecule has 1 heterocycles. The summed E-state index contributed by atoms with van der Waals surface area (Å²) in [6.07, 6.45) is -4.37. The van der Waals surface area contributed by atoms with E-state index in [2.05, 4.69) is 4.98 Å². The van der Waals surface area contributed by atoms with Gasteiger partial charge in [-0.3, -0.25) is 0 Å². The molecule has 17 heavy (non-hydrogen) atoms. The number of aromatic nitrogens is 1. The molecule has 90 valence electrons. The number of fused-ring (bicyclic) bond motifs is 1. The van der Waals surface area contributed by atoms with Gasteiger partial charge in [-0.1, -0.05) is 23.7 Å². The highest BCUT2D eigenvalue weighted by Gasteiger charge is 2.28. The van der Waals surface area contributed by atoms with Gasteiger partial charge in [0.25, 0.3) is 0 Å². The average Bonchev–Trinajstić information content (AvgIpc) is 2.25. The van der Waals surface area contributed by atoms with Crippen LogP contribution in [-0.4, -0.2) is 17.8 Å². The maximum absolute atomic E-state index is 12.0. The quantitative estimate of drug-likeness (QED) is 0.767. The summed E-state index contributed by atoms with van der Waals surface area (Å²) in [7, 11) is 0. The predicted octanol–water partition coefficient (Wildman–Crippen LogP) is 3.83. The molecule has 0 amide bonds. The summed E-state index contributed by atoms with van der Waals surface area (Å²) in [5.74, 6) is 0.0716. The van der Waals surface area contributed by atoms with Crippen molar-refractivity contribution in [3.8, 4) is 5.75 Å². The largest absolute Gasteiger partial charge is 0.482 e. The van der Waals surface area contributed by atoms with E-state index in [-0.39, 0.29) is 10.9 Å². The molecule has 0 aliphatic rings. The molecule has 0 N–H and O–H groups in total. The van der Waals surface area contributed by atoms with Crippen molar-refractivity contribution in [2.45, 2.75) is 6.18 Å². The standard InChI is InChI=1S/C11H7ClF3NO/c12-9-5-4-7-2-1-3-8(10(7)16-9)17-6-11(13,14)15/h1-5H,6H2. The second-order valence-electron chi connectivity index (χ2n) is 3.37. The van der Waals surface area contributed by atoms with Gasteiger partial charge < -0.3 is 4.74 Å². The van der Waals surface area contributed by atoms with Crippen molar-refractivity contribution >= 4 is 22.5 Å². The van der Waals surface area contributed by atoms with E-state index in [1.54, 1.807) is 24.3 Å². The highest BCUT2D eigenvalue weighted by molar-refractivity contribution is 6.29. The van der Waals surface area contributed by atoms with Gasteiger partial charge in [-0.25, -0.2) is 4.98 Å². The molecular weight excluding hydrogens is 255 g/mol. The first-order valence-corrected chi connectivity index (χ1v) is 5.08. The molecule has 0 spiro atoms. The molecule has 1 aromatic carbocycles. The molecule has 0 saturated carbocycles. The Balaban J connectivity index is 2.36. The monoisotopic (exact) mass is 261 g/mol. The maximum Gasteiger partial charge on any atom is 0.422 e.